The minimum atomic E-state index is -1.50. The molecule has 2 aromatic rings. The van der Waals surface area contributed by atoms with Crippen LogP contribution >= 0.6 is 0 Å². The summed E-state index contributed by atoms with van der Waals surface area (Å²) in [6.07, 6.45) is 5.98. The highest BCUT2D eigenvalue weighted by Crippen LogP contribution is 2.10. The summed E-state index contributed by atoms with van der Waals surface area (Å²) in [5, 5.41) is 19.3. The van der Waals surface area contributed by atoms with Crippen LogP contribution < -0.4 is 5.46 Å². The number of hydrogen-bond acceptors (Lipinski definition) is 4. The SMILES string of the molecule is OB(O)c1cncc2cocc12. The fourth-order valence-corrected chi connectivity index (χ4v) is 1.11. The summed E-state index contributed by atoms with van der Waals surface area (Å²) in [5.41, 5.74) is 0.362. The molecule has 4 nitrogen and oxygen atoms in total. The Morgan fingerprint density at radius 1 is 1.25 bits per heavy atom. The second kappa shape index (κ2) is 2.62. The van der Waals surface area contributed by atoms with E-state index in [1.807, 2.05) is 0 Å². The van der Waals surface area contributed by atoms with Crippen molar-refractivity contribution in [1.82, 2.24) is 4.98 Å². The maximum atomic E-state index is 8.91. The van der Waals surface area contributed by atoms with Gasteiger partial charge in [0.15, 0.2) is 0 Å². The number of furan rings is 1. The molecule has 0 bridgehead atoms. The van der Waals surface area contributed by atoms with Crippen molar-refractivity contribution in [1.29, 1.82) is 0 Å². The molecule has 5 heteroatoms. The molecule has 2 N–H and O–H groups in total. The summed E-state index contributed by atoms with van der Waals surface area (Å²) in [4.78, 5) is 3.83. The van der Waals surface area contributed by atoms with E-state index in [9.17, 15) is 0 Å². The van der Waals surface area contributed by atoms with Crippen molar-refractivity contribution >= 4 is 23.4 Å². The number of fused-ring (bicyclic) bond motifs is 1. The first-order chi connectivity index (χ1) is 5.79. The van der Waals surface area contributed by atoms with Crippen LogP contribution in [0.15, 0.2) is 29.3 Å². The van der Waals surface area contributed by atoms with Crippen LogP contribution in [0.25, 0.3) is 10.8 Å². The molecular weight excluding hydrogens is 157 g/mol. The van der Waals surface area contributed by atoms with Crippen molar-refractivity contribution in [2.24, 2.45) is 0 Å². The molecule has 0 aliphatic rings. The quantitative estimate of drug-likeness (QED) is 0.556. The van der Waals surface area contributed by atoms with Gasteiger partial charge in [-0.15, -0.1) is 0 Å². The van der Waals surface area contributed by atoms with Crippen LogP contribution in [0.4, 0.5) is 0 Å². The lowest BCUT2D eigenvalue weighted by Crippen LogP contribution is -2.30. The molecule has 2 rings (SSSR count). The lowest BCUT2D eigenvalue weighted by molar-refractivity contribution is 0.426. The largest absolute Gasteiger partial charge is 0.490 e. The van der Waals surface area contributed by atoms with Crippen LogP contribution in [0.5, 0.6) is 0 Å². The molecule has 0 saturated heterocycles. The van der Waals surface area contributed by atoms with Gasteiger partial charge in [0.05, 0.1) is 12.5 Å². The number of rotatable bonds is 1. The summed E-state index contributed by atoms with van der Waals surface area (Å²) in [5.74, 6) is 0. The molecule has 12 heavy (non-hydrogen) atoms. The average Bonchev–Trinajstić information content (AvgIpc) is 2.49. The normalized spacial score (nSPS) is 10.5. The van der Waals surface area contributed by atoms with E-state index < -0.39 is 7.12 Å². The van der Waals surface area contributed by atoms with Crippen molar-refractivity contribution in [2.45, 2.75) is 0 Å². The molecular formula is C7H6BNO3. The average molecular weight is 163 g/mol. The van der Waals surface area contributed by atoms with Crippen molar-refractivity contribution in [3.8, 4) is 0 Å². The van der Waals surface area contributed by atoms with Gasteiger partial charge in [0.2, 0.25) is 0 Å². The van der Waals surface area contributed by atoms with Crippen LogP contribution in [-0.4, -0.2) is 22.2 Å². The number of pyridine rings is 1. The van der Waals surface area contributed by atoms with Crippen LogP contribution in [-0.2, 0) is 0 Å². The molecule has 2 heterocycles. The number of aromatic nitrogens is 1. The van der Waals surface area contributed by atoms with Crippen molar-refractivity contribution < 1.29 is 14.5 Å². The molecule has 0 saturated carbocycles. The Morgan fingerprint density at radius 3 is 2.83 bits per heavy atom. The van der Waals surface area contributed by atoms with Gasteiger partial charge >= 0.3 is 7.12 Å². The molecule has 0 unspecified atom stereocenters. The van der Waals surface area contributed by atoms with Crippen LogP contribution in [0.2, 0.25) is 0 Å². The topological polar surface area (TPSA) is 66.5 Å². The van der Waals surface area contributed by atoms with Gasteiger partial charge in [-0.1, -0.05) is 0 Å². The minimum Gasteiger partial charge on any atom is -0.471 e. The van der Waals surface area contributed by atoms with Crippen molar-refractivity contribution in [3.05, 3.63) is 24.9 Å². The van der Waals surface area contributed by atoms with Gasteiger partial charge in [-0.3, -0.25) is 4.98 Å². The van der Waals surface area contributed by atoms with Crippen LogP contribution in [0.3, 0.4) is 0 Å². The van der Waals surface area contributed by atoms with Crippen molar-refractivity contribution in [3.63, 3.8) is 0 Å². The Hall–Kier alpha value is -1.33. The summed E-state index contributed by atoms with van der Waals surface area (Å²) < 4.78 is 4.89. The fourth-order valence-electron chi connectivity index (χ4n) is 1.11. The van der Waals surface area contributed by atoms with Gasteiger partial charge in [-0.2, -0.15) is 0 Å². The summed E-state index contributed by atoms with van der Waals surface area (Å²) in [6, 6.07) is 0. The van der Waals surface area contributed by atoms with Gasteiger partial charge in [0.1, 0.15) is 0 Å². The Bertz CT molecular complexity index is 398. The smallest absolute Gasteiger partial charge is 0.471 e. The molecule has 2 aromatic heterocycles. The number of nitrogens with zero attached hydrogens (tertiary/aromatic N) is 1. The van der Waals surface area contributed by atoms with E-state index in [1.165, 1.54) is 18.7 Å². The van der Waals surface area contributed by atoms with E-state index in [0.29, 0.717) is 10.8 Å². The maximum Gasteiger partial charge on any atom is 0.490 e. The summed E-state index contributed by atoms with van der Waals surface area (Å²) >= 11 is 0. The molecule has 0 aliphatic heterocycles. The third-order valence-corrected chi connectivity index (χ3v) is 1.71. The first-order valence-corrected chi connectivity index (χ1v) is 3.45. The second-order valence-corrected chi connectivity index (χ2v) is 2.48. The van der Waals surface area contributed by atoms with Crippen LogP contribution in [0, 0.1) is 0 Å². The molecule has 0 radical (unpaired) electrons. The van der Waals surface area contributed by atoms with Gasteiger partial charge < -0.3 is 14.5 Å². The van der Waals surface area contributed by atoms with E-state index in [1.54, 1.807) is 6.20 Å². The highest BCUT2D eigenvalue weighted by molar-refractivity contribution is 6.61. The third-order valence-electron chi connectivity index (χ3n) is 1.71. The van der Waals surface area contributed by atoms with E-state index in [-0.39, 0.29) is 0 Å². The van der Waals surface area contributed by atoms with E-state index in [0.717, 1.165) is 5.39 Å². The predicted octanol–water partition coefficient (Wildman–Crippen LogP) is -0.492. The first-order valence-electron chi connectivity index (χ1n) is 3.45. The van der Waals surface area contributed by atoms with Gasteiger partial charge in [-0.25, -0.2) is 0 Å². The van der Waals surface area contributed by atoms with Gasteiger partial charge in [0, 0.05) is 28.6 Å². The highest BCUT2D eigenvalue weighted by Gasteiger charge is 2.15. The summed E-state index contributed by atoms with van der Waals surface area (Å²) in [7, 11) is -1.50. The zero-order valence-electron chi connectivity index (χ0n) is 6.14. The molecule has 0 spiro atoms. The lowest BCUT2D eigenvalue weighted by atomic mass is 9.79. The minimum absolute atomic E-state index is 0.362. The van der Waals surface area contributed by atoms with E-state index in [2.05, 4.69) is 4.98 Å². The molecule has 0 amide bonds. The molecule has 0 aromatic carbocycles. The second-order valence-electron chi connectivity index (χ2n) is 2.48. The lowest BCUT2D eigenvalue weighted by Gasteiger charge is -1.97. The number of hydrogen-bond donors (Lipinski definition) is 2. The van der Waals surface area contributed by atoms with E-state index in [4.69, 9.17) is 14.5 Å². The molecule has 0 atom stereocenters. The van der Waals surface area contributed by atoms with Crippen molar-refractivity contribution in [2.75, 3.05) is 0 Å². The molecule has 0 fully saturated rings. The maximum absolute atomic E-state index is 8.91. The van der Waals surface area contributed by atoms with Crippen LogP contribution in [0.1, 0.15) is 0 Å². The highest BCUT2D eigenvalue weighted by atomic mass is 16.4. The summed E-state index contributed by atoms with van der Waals surface area (Å²) in [6.45, 7) is 0. The zero-order valence-corrected chi connectivity index (χ0v) is 6.14. The Labute approximate surface area is 68.6 Å². The zero-order chi connectivity index (χ0) is 8.55. The predicted molar refractivity (Wildman–Crippen MR) is 43.8 cm³/mol. The fraction of sp³-hybridized carbons (Fsp3) is 0. The Balaban J connectivity index is 2.73. The molecule has 0 aliphatic carbocycles. The standard InChI is InChI=1S/C7H6BNO3/c10-8(11)7-2-9-1-5-3-12-4-6(5)7/h1-4,10-11H. The van der Waals surface area contributed by atoms with Gasteiger partial charge in [0.25, 0.3) is 0 Å². The monoisotopic (exact) mass is 163 g/mol. The first kappa shape index (κ1) is 7.33. The Kier molecular flexibility index (Phi) is 1.60. The third kappa shape index (κ3) is 0.994. The Morgan fingerprint density at radius 2 is 2.08 bits per heavy atom. The molecule has 60 valence electrons. The van der Waals surface area contributed by atoms with Gasteiger partial charge in [-0.05, 0) is 0 Å². The van der Waals surface area contributed by atoms with E-state index >= 15 is 0 Å².